The number of hydrogen-bond donors (Lipinski definition) is 0. The topological polar surface area (TPSA) is 53.4 Å². The summed E-state index contributed by atoms with van der Waals surface area (Å²) in [6.07, 6.45) is 3.27. The van der Waals surface area contributed by atoms with E-state index in [4.69, 9.17) is 9.47 Å². The van der Waals surface area contributed by atoms with Crippen LogP contribution in [0.15, 0.2) is 0 Å². The predicted octanol–water partition coefficient (Wildman–Crippen LogP) is 2.54. The summed E-state index contributed by atoms with van der Waals surface area (Å²) in [5.41, 5.74) is 1.53. The van der Waals surface area contributed by atoms with Crippen LogP contribution in [0.4, 0.5) is 0 Å². The van der Waals surface area contributed by atoms with Crippen molar-refractivity contribution >= 4 is 5.97 Å². The van der Waals surface area contributed by atoms with Gasteiger partial charge in [-0.05, 0) is 18.8 Å². The molecule has 2 aliphatic rings. The Bertz CT molecular complexity index is 544. The molecule has 0 spiro atoms. The molecule has 0 unspecified atom stereocenters. The van der Waals surface area contributed by atoms with E-state index in [1.807, 2.05) is 0 Å². The molecule has 0 bridgehead atoms. The standard InChI is InChI=1S/C16H24N2O3/c1-11(2)14-13(17-12-6-4-5-7-18(12)14)15(19)21-10-16(3)8-20-9-16/h11H,4-10H2,1-3H3. The lowest BCUT2D eigenvalue weighted by atomic mass is 9.90. The molecule has 1 fully saturated rings. The summed E-state index contributed by atoms with van der Waals surface area (Å²) >= 11 is 0. The molecule has 0 radical (unpaired) electrons. The second-order valence-electron chi connectivity index (χ2n) is 6.90. The SMILES string of the molecule is CC(C)c1c(C(=O)OCC2(C)COC2)nc2n1CCCC2. The zero-order valence-corrected chi connectivity index (χ0v) is 13.1. The highest BCUT2D eigenvalue weighted by molar-refractivity contribution is 5.89. The number of esters is 1. The van der Waals surface area contributed by atoms with E-state index >= 15 is 0 Å². The van der Waals surface area contributed by atoms with Crippen LogP contribution in [0.2, 0.25) is 0 Å². The van der Waals surface area contributed by atoms with E-state index in [1.54, 1.807) is 0 Å². The monoisotopic (exact) mass is 292 g/mol. The van der Waals surface area contributed by atoms with Crippen LogP contribution in [0.1, 0.15) is 61.5 Å². The van der Waals surface area contributed by atoms with Crippen LogP contribution in [0.25, 0.3) is 0 Å². The van der Waals surface area contributed by atoms with Gasteiger partial charge in [-0.15, -0.1) is 0 Å². The molecule has 0 saturated carbocycles. The number of rotatable bonds is 4. The highest BCUT2D eigenvalue weighted by Gasteiger charge is 2.36. The van der Waals surface area contributed by atoms with E-state index in [-0.39, 0.29) is 17.3 Å². The molecular formula is C16H24N2O3. The van der Waals surface area contributed by atoms with Gasteiger partial charge in [0, 0.05) is 18.4 Å². The van der Waals surface area contributed by atoms with Gasteiger partial charge in [0.2, 0.25) is 0 Å². The summed E-state index contributed by atoms with van der Waals surface area (Å²) in [5.74, 6) is 1.03. The van der Waals surface area contributed by atoms with Crippen LogP contribution in [-0.4, -0.2) is 35.3 Å². The number of carbonyl (C=O) groups excluding carboxylic acids is 1. The van der Waals surface area contributed by atoms with Crippen molar-refractivity contribution in [3.05, 3.63) is 17.2 Å². The van der Waals surface area contributed by atoms with Gasteiger partial charge in [0.05, 0.1) is 18.9 Å². The van der Waals surface area contributed by atoms with E-state index in [0.717, 1.165) is 37.3 Å². The summed E-state index contributed by atoms with van der Waals surface area (Å²) in [5, 5.41) is 0. The maximum atomic E-state index is 12.4. The van der Waals surface area contributed by atoms with Gasteiger partial charge in [-0.2, -0.15) is 0 Å². The average molecular weight is 292 g/mol. The van der Waals surface area contributed by atoms with Gasteiger partial charge >= 0.3 is 5.97 Å². The van der Waals surface area contributed by atoms with E-state index in [1.165, 1.54) is 0 Å². The normalized spacial score (nSPS) is 20.0. The van der Waals surface area contributed by atoms with Gasteiger partial charge in [-0.25, -0.2) is 9.78 Å². The van der Waals surface area contributed by atoms with Crippen LogP contribution < -0.4 is 0 Å². The van der Waals surface area contributed by atoms with Crippen molar-refractivity contribution in [3.8, 4) is 0 Å². The highest BCUT2D eigenvalue weighted by Crippen LogP contribution is 2.29. The Morgan fingerprint density at radius 2 is 2.19 bits per heavy atom. The average Bonchev–Trinajstić information content (AvgIpc) is 2.82. The summed E-state index contributed by atoms with van der Waals surface area (Å²) in [6, 6.07) is 0. The Labute approximate surface area is 125 Å². The second-order valence-corrected chi connectivity index (χ2v) is 6.90. The van der Waals surface area contributed by atoms with Crippen molar-refractivity contribution in [2.24, 2.45) is 5.41 Å². The molecule has 1 aromatic rings. The molecule has 0 atom stereocenters. The van der Waals surface area contributed by atoms with Gasteiger partial charge < -0.3 is 14.0 Å². The van der Waals surface area contributed by atoms with Crippen molar-refractivity contribution < 1.29 is 14.3 Å². The number of carbonyl (C=O) groups is 1. The van der Waals surface area contributed by atoms with Crippen molar-refractivity contribution in [2.75, 3.05) is 19.8 Å². The fourth-order valence-electron chi connectivity index (χ4n) is 3.08. The summed E-state index contributed by atoms with van der Waals surface area (Å²) in [6.45, 7) is 8.99. The highest BCUT2D eigenvalue weighted by atomic mass is 16.5. The molecule has 0 aliphatic carbocycles. The number of aryl methyl sites for hydroxylation is 1. The molecular weight excluding hydrogens is 268 g/mol. The van der Waals surface area contributed by atoms with Gasteiger partial charge in [0.15, 0.2) is 5.69 Å². The van der Waals surface area contributed by atoms with Gasteiger partial charge in [0.25, 0.3) is 0 Å². The first-order chi connectivity index (χ1) is 10.0. The molecule has 116 valence electrons. The summed E-state index contributed by atoms with van der Waals surface area (Å²) < 4.78 is 12.9. The summed E-state index contributed by atoms with van der Waals surface area (Å²) in [7, 11) is 0. The molecule has 0 aromatic carbocycles. The Morgan fingerprint density at radius 1 is 1.43 bits per heavy atom. The number of fused-ring (bicyclic) bond motifs is 1. The van der Waals surface area contributed by atoms with Gasteiger partial charge in [-0.1, -0.05) is 20.8 Å². The summed E-state index contributed by atoms with van der Waals surface area (Å²) in [4.78, 5) is 17.0. The molecule has 0 N–H and O–H groups in total. The molecule has 5 nitrogen and oxygen atoms in total. The lowest BCUT2D eigenvalue weighted by molar-refractivity contribution is -0.127. The van der Waals surface area contributed by atoms with Crippen LogP contribution in [0.5, 0.6) is 0 Å². The van der Waals surface area contributed by atoms with Crippen LogP contribution >= 0.6 is 0 Å². The zero-order chi connectivity index (χ0) is 15.0. The van der Waals surface area contributed by atoms with E-state index < -0.39 is 0 Å². The number of hydrogen-bond acceptors (Lipinski definition) is 4. The third-order valence-corrected chi connectivity index (χ3v) is 4.31. The maximum absolute atomic E-state index is 12.4. The van der Waals surface area contributed by atoms with Crippen LogP contribution in [0.3, 0.4) is 0 Å². The number of imidazole rings is 1. The van der Waals surface area contributed by atoms with E-state index in [2.05, 4.69) is 30.3 Å². The third-order valence-electron chi connectivity index (χ3n) is 4.31. The van der Waals surface area contributed by atoms with Crippen molar-refractivity contribution in [3.63, 3.8) is 0 Å². The minimum Gasteiger partial charge on any atom is -0.460 e. The van der Waals surface area contributed by atoms with Crippen molar-refractivity contribution in [2.45, 2.75) is 52.5 Å². The minimum atomic E-state index is -0.284. The second kappa shape index (κ2) is 5.44. The Morgan fingerprint density at radius 3 is 2.81 bits per heavy atom. The van der Waals surface area contributed by atoms with Gasteiger partial charge in [0.1, 0.15) is 12.4 Å². The first-order valence-corrected chi connectivity index (χ1v) is 7.84. The lowest BCUT2D eigenvalue weighted by Gasteiger charge is -2.37. The van der Waals surface area contributed by atoms with Crippen molar-refractivity contribution in [1.29, 1.82) is 0 Å². The molecule has 3 rings (SSSR count). The fourth-order valence-corrected chi connectivity index (χ4v) is 3.08. The Balaban J connectivity index is 1.80. The Hall–Kier alpha value is -1.36. The van der Waals surface area contributed by atoms with Crippen LogP contribution in [0, 0.1) is 5.41 Å². The minimum absolute atomic E-state index is 0.0208. The maximum Gasteiger partial charge on any atom is 0.358 e. The van der Waals surface area contributed by atoms with Crippen LogP contribution in [-0.2, 0) is 22.4 Å². The Kier molecular flexibility index (Phi) is 3.78. The van der Waals surface area contributed by atoms with Crippen molar-refractivity contribution in [1.82, 2.24) is 9.55 Å². The smallest absolute Gasteiger partial charge is 0.358 e. The largest absolute Gasteiger partial charge is 0.460 e. The number of nitrogens with zero attached hydrogens (tertiary/aromatic N) is 2. The molecule has 1 saturated heterocycles. The van der Waals surface area contributed by atoms with E-state index in [0.29, 0.717) is 25.5 Å². The predicted molar refractivity (Wildman–Crippen MR) is 78.5 cm³/mol. The number of ether oxygens (including phenoxy) is 2. The molecule has 0 amide bonds. The molecule has 1 aromatic heterocycles. The first-order valence-electron chi connectivity index (χ1n) is 7.84. The molecule has 2 aliphatic heterocycles. The fraction of sp³-hybridized carbons (Fsp3) is 0.750. The van der Waals surface area contributed by atoms with E-state index in [9.17, 15) is 4.79 Å². The molecule has 3 heterocycles. The molecule has 5 heteroatoms. The molecule has 21 heavy (non-hydrogen) atoms. The quantitative estimate of drug-likeness (QED) is 0.800. The van der Waals surface area contributed by atoms with Gasteiger partial charge in [-0.3, -0.25) is 0 Å². The zero-order valence-electron chi connectivity index (χ0n) is 13.1. The lowest BCUT2D eigenvalue weighted by Crippen LogP contribution is -2.44. The first kappa shape index (κ1) is 14.6. The number of aromatic nitrogens is 2. The third kappa shape index (κ3) is 2.71.